The van der Waals surface area contributed by atoms with Gasteiger partial charge in [0.25, 0.3) is 0 Å². The molecule has 0 radical (unpaired) electrons. The smallest absolute Gasteiger partial charge is 0.244 e. The van der Waals surface area contributed by atoms with Crippen molar-refractivity contribution >= 4 is 34.8 Å². The van der Waals surface area contributed by atoms with Crippen molar-refractivity contribution in [2.45, 2.75) is 6.42 Å². The second-order valence-electron chi connectivity index (χ2n) is 7.22. The molecule has 148 valence electrons. The van der Waals surface area contributed by atoms with Crippen LogP contribution in [0, 0.1) is 5.92 Å². The Morgan fingerprint density at radius 2 is 1.83 bits per heavy atom. The summed E-state index contributed by atoms with van der Waals surface area (Å²) in [7, 11) is 0. The van der Waals surface area contributed by atoms with Crippen molar-refractivity contribution in [1.29, 1.82) is 0 Å². The number of carbonyl (C=O) groups excluding carboxylic acids is 3. The van der Waals surface area contributed by atoms with Crippen LogP contribution in [-0.2, 0) is 14.4 Å². The molecule has 1 saturated heterocycles. The van der Waals surface area contributed by atoms with Crippen LogP contribution in [0.1, 0.15) is 6.42 Å². The molecule has 2 aromatic rings. The first-order valence-corrected chi connectivity index (χ1v) is 9.50. The Hall–Kier alpha value is -3.55. The summed E-state index contributed by atoms with van der Waals surface area (Å²) in [5.74, 6) is 0.128. The summed E-state index contributed by atoms with van der Waals surface area (Å²) in [6.45, 7) is 1.17. The SMILES string of the molecule is O=C1CN(C(=O)C2CC(=O)N(c3ccc4c(c3)OCCO4)C2)c2ccccc2N1. The van der Waals surface area contributed by atoms with Gasteiger partial charge < -0.3 is 24.6 Å². The Bertz CT molecular complexity index is 1020. The molecule has 3 aliphatic rings. The fourth-order valence-corrected chi connectivity index (χ4v) is 3.97. The van der Waals surface area contributed by atoms with E-state index in [1.165, 1.54) is 4.90 Å². The first-order valence-electron chi connectivity index (χ1n) is 9.50. The highest BCUT2D eigenvalue weighted by Crippen LogP contribution is 2.37. The van der Waals surface area contributed by atoms with Crippen molar-refractivity contribution in [2.24, 2.45) is 5.92 Å². The van der Waals surface area contributed by atoms with Crippen LogP contribution in [0.25, 0.3) is 0 Å². The van der Waals surface area contributed by atoms with Gasteiger partial charge in [0.05, 0.1) is 17.3 Å². The van der Waals surface area contributed by atoms with Gasteiger partial charge in [-0.05, 0) is 24.3 Å². The Morgan fingerprint density at radius 1 is 1.03 bits per heavy atom. The molecular weight excluding hydrogens is 374 g/mol. The van der Waals surface area contributed by atoms with E-state index in [4.69, 9.17) is 9.47 Å². The largest absolute Gasteiger partial charge is 0.486 e. The Balaban J connectivity index is 1.38. The zero-order valence-corrected chi connectivity index (χ0v) is 15.6. The number of para-hydroxylation sites is 2. The fourth-order valence-electron chi connectivity index (χ4n) is 3.97. The van der Waals surface area contributed by atoms with Crippen LogP contribution in [0.15, 0.2) is 42.5 Å². The van der Waals surface area contributed by atoms with E-state index in [1.54, 1.807) is 41.3 Å². The molecule has 1 atom stereocenters. The van der Waals surface area contributed by atoms with Crippen LogP contribution in [0.3, 0.4) is 0 Å². The highest BCUT2D eigenvalue weighted by molar-refractivity contribution is 6.12. The molecule has 8 nitrogen and oxygen atoms in total. The van der Waals surface area contributed by atoms with Crippen LogP contribution >= 0.6 is 0 Å². The lowest BCUT2D eigenvalue weighted by molar-refractivity contribution is -0.125. The third-order valence-corrected chi connectivity index (χ3v) is 5.35. The van der Waals surface area contributed by atoms with Crippen LogP contribution in [0.5, 0.6) is 11.5 Å². The molecule has 5 rings (SSSR count). The van der Waals surface area contributed by atoms with Crippen molar-refractivity contribution in [2.75, 3.05) is 41.4 Å². The predicted octanol–water partition coefficient (Wildman–Crippen LogP) is 1.80. The van der Waals surface area contributed by atoms with Crippen LogP contribution in [0.2, 0.25) is 0 Å². The van der Waals surface area contributed by atoms with E-state index in [2.05, 4.69) is 5.32 Å². The number of carbonyl (C=O) groups is 3. The van der Waals surface area contributed by atoms with Crippen molar-refractivity contribution in [3.8, 4) is 11.5 Å². The molecule has 1 N–H and O–H groups in total. The Kier molecular flexibility index (Phi) is 4.12. The molecule has 0 aliphatic carbocycles. The van der Waals surface area contributed by atoms with Gasteiger partial charge in [0.2, 0.25) is 17.7 Å². The molecule has 0 spiro atoms. The first-order chi connectivity index (χ1) is 14.1. The number of amides is 3. The molecule has 0 saturated carbocycles. The molecular formula is C21H19N3O5. The van der Waals surface area contributed by atoms with Crippen molar-refractivity contribution < 1.29 is 23.9 Å². The summed E-state index contributed by atoms with van der Waals surface area (Å²) in [6, 6.07) is 12.5. The average Bonchev–Trinajstić information content (AvgIpc) is 3.14. The quantitative estimate of drug-likeness (QED) is 0.841. The number of nitrogens with one attached hydrogen (secondary N) is 1. The van der Waals surface area contributed by atoms with Gasteiger partial charge in [-0.25, -0.2) is 0 Å². The molecule has 1 unspecified atom stereocenters. The minimum absolute atomic E-state index is 0.0510. The summed E-state index contributed by atoms with van der Waals surface area (Å²) < 4.78 is 11.1. The maximum Gasteiger partial charge on any atom is 0.244 e. The molecule has 1 fully saturated rings. The van der Waals surface area contributed by atoms with Gasteiger partial charge in [-0.15, -0.1) is 0 Å². The van der Waals surface area contributed by atoms with E-state index < -0.39 is 5.92 Å². The summed E-state index contributed by atoms with van der Waals surface area (Å²) in [5.41, 5.74) is 1.93. The normalized spacial score (nSPS) is 20.3. The van der Waals surface area contributed by atoms with E-state index in [-0.39, 0.29) is 37.2 Å². The summed E-state index contributed by atoms with van der Waals surface area (Å²) in [5, 5.41) is 2.77. The number of fused-ring (bicyclic) bond motifs is 2. The standard InChI is InChI=1S/C21H19N3O5/c25-19-12-24(16-4-2-1-3-15(16)22-19)21(27)13-9-20(26)23(11-13)14-5-6-17-18(10-14)29-8-7-28-17/h1-6,10,13H,7-9,11-12H2,(H,22,25). The Morgan fingerprint density at radius 3 is 2.69 bits per heavy atom. The van der Waals surface area contributed by atoms with Gasteiger partial charge in [0, 0.05) is 24.7 Å². The predicted molar refractivity (Wildman–Crippen MR) is 105 cm³/mol. The van der Waals surface area contributed by atoms with Crippen LogP contribution < -0.4 is 24.6 Å². The Labute approximate surface area is 167 Å². The second kappa shape index (κ2) is 6.80. The van der Waals surface area contributed by atoms with Gasteiger partial charge in [0.15, 0.2) is 11.5 Å². The van der Waals surface area contributed by atoms with E-state index >= 15 is 0 Å². The highest BCUT2D eigenvalue weighted by atomic mass is 16.6. The minimum Gasteiger partial charge on any atom is -0.486 e. The lowest BCUT2D eigenvalue weighted by Crippen LogP contribution is -2.45. The van der Waals surface area contributed by atoms with E-state index in [1.807, 2.05) is 6.07 Å². The maximum atomic E-state index is 13.2. The monoisotopic (exact) mass is 393 g/mol. The van der Waals surface area contributed by atoms with Crippen LogP contribution in [0.4, 0.5) is 17.1 Å². The van der Waals surface area contributed by atoms with Gasteiger partial charge in [-0.2, -0.15) is 0 Å². The lowest BCUT2D eigenvalue weighted by Gasteiger charge is -2.31. The number of hydrogen-bond acceptors (Lipinski definition) is 5. The molecule has 8 heteroatoms. The summed E-state index contributed by atoms with van der Waals surface area (Å²) in [4.78, 5) is 40.9. The van der Waals surface area contributed by atoms with Gasteiger partial charge in [0.1, 0.15) is 19.8 Å². The molecule has 3 heterocycles. The summed E-state index contributed by atoms with van der Waals surface area (Å²) in [6.07, 6.45) is 0.105. The number of anilines is 3. The molecule has 3 amide bonds. The number of benzene rings is 2. The van der Waals surface area contributed by atoms with Gasteiger partial charge in [-0.3, -0.25) is 14.4 Å². The van der Waals surface area contributed by atoms with E-state index in [0.29, 0.717) is 41.8 Å². The molecule has 0 aromatic heterocycles. The number of rotatable bonds is 2. The van der Waals surface area contributed by atoms with Crippen molar-refractivity contribution in [3.05, 3.63) is 42.5 Å². The summed E-state index contributed by atoms with van der Waals surface area (Å²) >= 11 is 0. The first kappa shape index (κ1) is 17.5. The minimum atomic E-state index is -0.519. The molecule has 0 bridgehead atoms. The van der Waals surface area contributed by atoms with Gasteiger partial charge >= 0.3 is 0 Å². The van der Waals surface area contributed by atoms with Crippen molar-refractivity contribution in [3.63, 3.8) is 0 Å². The van der Waals surface area contributed by atoms with E-state index in [0.717, 1.165) is 0 Å². The zero-order chi connectivity index (χ0) is 20.0. The zero-order valence-electron chi connectivity index (χ0n) is 15.6. The second-order valence-corrected chi connectivity index (χ2v) is 7.22. The highest BCUT2D eigenvalue weighted by Gasteiger charge is 2.39. The topological polar surface area (TPSA) is 88.2 Å². The molecule has 29 heavy (non-hydrogen) atoms. The van der Waals surface area contributed by atoms with Crippen molar-refractivity contribution in [1.82, 2.24) is 0 Å². The third-order valence-electron chi connectivity index (χ3n) is 5.35. The number of hydrogen-bond donors (Lipinski definition) is 1. The molecule has 2 aromatic carbocycles. The number of ether oxygens (including phenoxy) is 2. The van der Waals surface area contributed by atoms with Gasteiger partial charge in [-0.1, -0.05) is 12.1 Å². The third kappa shape index (κ3) is 3.06. The molecule has 3 aliphatic heterocycles. The average molecular weight is 393 g/mol. The van der Waals surface area contributed by atoms with E-state index in [9.17, 15) is 14.4 Å². The fraction of sp³-hybridized carbons (Fsp3) is 0.286. The maximum absolute atomic E-state index is 13.2. The van der Waals surface area contributed by atoms with Crippen LogP contribution in [-0.4, -0.2) is 44.0 Å². The number of nitrogens with zero attached hydrogens (tertiary/aromatic N) is 2. The lowest BCUT2D eigenvalue weighted by atomic mass is 10.1.